The van der Waals surface area contributed by atoms with Crippen molar-refractivity contribution in [1.82, 2.24) is 4.31 Å². The largest absolute Gasteiger partial charge is 0.299 e. The maximum Gasteiger partial charge on any atom is 0.243 e. The number of benzene rings is 1. The summed E-state index contributed by atoms with van der Waals surface area (Å²) < 4.78 is 27.7. The summed E-state index contributed by atoms with van der Waals surface area (Å²) in [6.45, 7) is 1.96. The van der Waals surface area contributed by atoms with E-state index in [2.05, 4.69) is 0 Å². The first-order chi connectivity index (χ1) is 10.4. The number of sulfonamides is 1. The Hall–Kier alpha value is -0.910. The molecule has 2 aliphatic heterocycles. The summed E-state index contributed by atoms with van der Waals surface area (Å²) in [5.74, 6) is 0.0541. The summed E-state index contributed by atoms with van der Waals surface area (Å²) in [7, 11) is -3.58. The molecule has 120 valence electrons. The number of piperidine rings is 2. The molecule has 0 saturated carbocycles. The lowest BCUT2D eigenvalue weighted by Gasteiger charge is -2.47. The van der Waals surface area contributed by atoms with E-state index >= 15 is 0 Å². The molecule has 0 N–H and O–H groups in total. The van der Waals surface area contributed by atoms with Crippen molar-refractivity contribution in [2.24, 2.45) is 5.92 Å². The number of carbonyl (C=O) groups excluding carboxylic acids is 1. The van der Waals surface area contributed by atoms with Gasteiger partial charge in [0.05, 0.1) is 4.90 Å². The average Bonchev–Trinajstić information content (AvgIpc) is 2.47. The monoisotopic (exact) mass is 341 g/mol. The van der Waals surface area contributed by atoms with Crippen LogP contribution >= 0.6 is 11.6 Å². The second kappa shape index (κ2) is 5.95. The number of Topliss-reactive ketones (excluding diaryl/α,β-unsaturated/α-hetero) is 1. The van der Waals surface area contributed by atoms with Crippen molar-refractivity contribution in [1.29, 1.82) is 0 Å². The maximum atomic E-state index is 13.1. The number of hydrogen-bond donors (Lipinski definition) is 0. The van der Waals surface area contributed by atoms with Gasteiger partial charge < -0.3 is 0 Å². The van der Waals surface area contributed by atoms with Gasteiger partial charge in [-0.3, -0.25) is 4.79 Å². The van der Waals surface area contributed by atoms with E-state index in [-0.39, 0.29) is 28.7 Å². The van der Waals surface area contributed by atoms with E-state index in [1.807, 2.05) is 6.92 Å². The van der Waals surface area contributed by atoms with Crippen LogP contribution in [0.1, 0.15) is 39.0 Å². The molecule has 0 radical (unpaired) electrons. The van der Waals surface area contributed by atoms with Crippen molar-refractivity contribution in [2.45, 2.75) is 56.0 Å². The molecular weight excluding hydrogens is 322 g/mol. The smallest absolute Gasteiger partial charge is 0.243 e. The van der Waals surface area contributed by atoms with Crippen LogP contribution in [0.2, 0.25) is 5.02 Å². The van der Waals surface area contributed by atoms with Crippen molar-refractivity contribution in [2.75, 3.05) is 0 Å². The normalized spacial score (nSPS) is 29.5. The van der Waals surface area contributed by atoms with Crippen molar-refractivity contribution < 1.29 is 13.2 Å². The summed E-state index contributed by atoms with van der Waals surface area (Å²) in [5.41, 5.74) is 0. The summed E-state index contributed by atoms with van der Waals surface area (Å²) >= 11 is 5.85. The fourth-order valence-corrected chi connectivity index (χ4v) is 5.89. The highest BCUT2D eigenvalue weighted by atomic mass is 35.5. The molecule has 1 aromatic rings. The fraction of sp³-hybridized carbons (Fsp3) is 0.562. The first kappa shape index (κ1) is 16.0. The number of rotatable bonds is 3. The zero-order chi connectivity index (χ0) is 15.9. The third kappa shape index (κ3) is 2.59. The minimum Gasteiger partial charge on any atom is -0.299 e. The molecule has 2 bridgehead atoms. The Morgan fingerprint density at radius 2 is 1.91 bits per heavy atom. The SMILES string of the molecule is CC[C@H]1C(=O)C[C@H]2CCC[C@H]1N2S(=O)(=O)c1ccc(Cl)cc1. The van der Waals surface area contributed by atoms with Crippen LogP contribution in [0, 0.1) is 5.92 Å². The zero-order valence-corrected chi connectivity index (χ0v) is 14.1. The van der Waals surface area contributed by atoms with Gasteiger partial charge >= 0.3 is 0 Å². The van der Waals surface area contributed by atoms with Gasteiger partial charge in [-0.2, -0.15) is 4.31 Å². The van der Waals surface area contributed by atoms with Crippen molar-refractivity contribution in [3.63, 3.8) is 0 Å². The topological polar surface area (TPSA) is 54.5 Å². The summed E-state index contributed by atoms with van der Waals surface area (Å²) in [5, 5.41) is 0.513. The van der Waals surface area contributed by atoms with Crippen LogP contribution in [-0.2, 0) is 14.8 Å². The van der Waals surface area contributed by atoms with Crippen LogP contribution in [0.15, 0.2) is 29.2 Å². The highest BCUT2D eigenvalue weighted by Crippen LogP contribution is 2.40. The van der Waals surface area contributed by atoms with Gasteiger partial charge in [-0.15, -0.1) is 0 Å². The molecule has 1 aromatic carbocycles. The Kier molecular flexibility index (Phi) is 4.32. The standard InChI is InChI=1S/C16H20ClNO3S/c1-2-14-15-5-3-4-12(10-16(14)19)18(15)22(20,21)13-8-6-11(17)7-9-13/h6-9,12,14-15H,2-5,10H2,1H3/t12-,14-,15-/m1/s1. The van der Waals surface area contributed by atoms with Crippen LogP contribution < -0.4 is 0 Å². The molecule has 0 unspecified atom stereocenters. The molecule has 2 fully saturated rings. The number of fused-ring (bicyclic) bond motifs is 2. The molecule has 0 aliphatic carbocycles. The lowest BCUT2D eigenvalue weighted by molar-refractivity contribution is -0.130. The van der Waals surface area contributed by atoms with Gasteiger partial charge in [0.2, 0.25) is 10.0 Å². The Balaban J connectivity index is 2.01. The van der Waals surface area contributed by atoms with Gasteiger partial charge in [-0.1, -0.05) is 24.9 Å². The second-order valence-electron chi connectivity index (χ2n) is 6.13. The number of carbonyl (C=O) groups is 1. The lowest BCUT2D eigenvalue weighted by atomic mass is 9.77. The first-order valence-corrected chi connectivity index (χ1v) is 9.58. The Morgan fingerprint density at radius 1 is 1.23 bits per heavy atom. The van der Waals surface area contributed by atoms with E-state index in [0.717, 1.165) is 19.3 Å². The first-order valence-electron chi connectivity index (χ1n) is 7.77. The van der Waals surface area contributed by atoms with Crippen LogP contribution in [0.4, 0.5) is 0 Å². The molecule has 3 atom stereocenters. The fourth-order valence-electron chi connectivity index (χ4n) is 3.86. The van der Waals surface area contributed by atoms with Crippen molar-refractivity contribution in [3.8, 4) is 0 Å². The molecule has 6 heteroatoms. The summed E-state index contributed by atoms with van der Waals surface area (Å²) in [6.07, 6.45) is 3.58. The average molecular weight is 342 g/mol. The van der Waals surface area contributed by atoms with Gasteiger partial charge in [0, 0.05) is 29.4 Å². The van der Waals surface area contributed by atoms with Gasteiger partial charge in [-0.05, 0) is 43.5 Å². The van der Waals surface area contributed by atoms with Crippen molar-refractivity contribution >= 4 is 27.4 Å². The molecule has 4 nitrogen and oxygen atoms in total. The summed E-state index contributed by atoms with van der Waals surface area (Å²) in [4.78, 5) is 12.5. The van der Waals surface area contributed by atoms with E-state index in [1.54, 1.807) is 28.6 Å². The van der Waals surface area contributed by atoms with Crippen molar-refractivity contribution in [3.05, 3.63) is 29.3 Å². The lowest BCUT2D eigenvalue weighted by Crippen LogP contribution is -2.58. The highest BCUT2D eigenvalue weighted by molar-refractivity contribution is 7.89. The molecule has 22 heavy (non-hydrogen) atoms. The van der Waals surface area contributed by atoms with Crippen LogP contribution in [0.25, 0.3) is 0 Å². The van der Waals surface area contributed by atoms with Crippen LogP contribution in [0.3, 0.4) is 0 Å². The minimum atomic E-state index is -3.58. The van der Waals surface area contributed by atoms with E-state index in [1.165, 1.54) is 0 Å². The van der Waals surface area contributed by atoms with E-state index in [0.29, 0.717) is 17.9 Å². The predicted molar refractivity (Wildman–Crippen MR) is 85.3 cm³/mol. The number of halogens is 1. The Labute approximate surface area is 136 Å². The van der Waals surface area contributed by atoms with E-state index in [9.17, 15) is 13.2 Å². The number of hydrogen-bond acceptors (Lipinski definition) is 3. The molecule has 2 saturated heterocycles. The second-order valence-corrected chi connectivity index (χ2v) is 8.41. The maximum absolute atomic E-state index is 13.1. The highest BCUT2D eigenvalue weighted by Gasteiger charge is 2.48. The molecule has 0 aromatic heterocycles. The predicted octanol–water partition coefficient (Wildman–Crippen LogP) is 3.25. The molecule has 3 rings (SSSR count). The summed E-state index contributed by atoms with van der Waals surface area (Å²) in [6, 6.07) is 5.91. The quantitative estimate of drug-likeness (QED) is 0.848. The minimum absolute atomic E-state index is 0.168. The molecule has 0 spiro atoms. The Morgan fingerprint density at radius 3 is 2.55 bits per heavy atom. The molecule has 2 heterocycles. The molecule has 0 amide bonds. The zero-order valence-electron chi connectivity index (χ0n) is 12.5. The van der Waals surface area contributed by atoms with E-state index < -0.39 is 10.0 Å². The third-order valence-corrected chi connectivity index (χ3v) is 7.11. The Bertz CT molecular complexity index is 671. The molecule has 2 aliphatic rings. The number of nitrogens with zero attached hydrogens (tertiary/aromatic N) is 1. The van der Waals surface area contributed by atoms with Gasteiger partial charge in [0.25, 0.3) is 0 Å². The third-order valence-electron chi connectivity index (χ3n) is 4.87. The van der Waals surface area contributed by atoms with Gasteiger partial charge in [0.15, 0.2) is 0 Å². The van der Waals surface area contributed by atoms with Crippen LogP contribution in [-0.4, -0.2) is 30.6 Å². The van der Waals surface area contributed by atoms with Gasteiger partial charge in [0.1, 0.15) is 5.78 Å². The van der Waals surface area contributed by atoms with Crippen LogP contribution in [0.5, 0.6) is 0 Å². The number of ketones is 1. The molecular formula is C16H20ClNO3S. The van der Waals surface area contributed by atoms with Gasteiger partial charge in [-0.25, -0.2) is 8.42 Å². The van der Waals surface area contributed by atoms with E-state index in [4.69, 9.17) is 11.6 Å².